The summed E-state index contributed by atoms with van der Waals surface area (Å²) in [5.74, 6) is 0.490. The van der Waals surface area contributed by atoms with Crippen molar-refractivity contribution in [3.63, 3.8) is 0 Å². The molecule has 0 unspecified atom stereocenters. The van der Waals surface area contributed by atoms with Crippen LogP contribution in [0.4, 0.5) is 0 Å². The van der Waals surface area contributed by atoms with Crippen molar-refractivity contribution >= 4 is 34.4 Å². The lowest BCUT2D eigenvalue weighted by atomic mass is 10.0. The number of nitrogens with zero attached hydrogens (tertiary/aromatic N) is 3. The summed E-state index contributed by atoms with van der Waals surface area (Å²) >= 11 is 4.72. The first-order chi connectivity index (χ1) is 11.1. The van der Waals surface area contributed by atoms with E-state index < -0.39 is 0 Å². The third kappa shape index (κ3) is 3.49. The fraction of sp³-hybridized carbons (Fsp3) is 0.0588. The highest BCUT2D eigenvalue weighted by Gasteiger charge is 2.09. The SMILES string of the molecule is Cc1ccc2nc(/C=N/NC(N)=S)nc(-c3ccccc3)c2c1. The molecule has 3 rings (SSSR count). The summed E-state index contributed by atoms with van der Waals surface area (Å²) in [7, 11) is 0. The Balaban J connectivity index is 2.16. The number of rotatable bonds is 3. The maximum Gasteiger partial charge on any atom is 0.184 e. The number of aryl methyl sites for hydroxylation is 1. The monoisotopic (exact) mass is 321 g/mol. The van der Waals surface area contributed by atoms with Crippen molar-refractivity contribution in [2.45, 2.75) is 6.92 Å². The Morgan fingerprint density at radius 2 is 1.96 bits per heavy atom. The quantitative estimate of drug-likeness (QED) is 0.441. The third-order valence-corrected chi connectivity index (χ3v) is 3.36. The van der Waals surface area contributed by atoms with Gasteiger partial charge in [-0.25, -0.2) is 9.97 Å². The number of thiocarbonyl (C=S) groups is 1. The Morgan fingerprint density at radius 3 is 2.70 bits per heavy atom. The van der Waals surface area contributed by atoms with Crippen molar-refractivity contribution in [3.05, 3.63) is 59.9 Å². The van der Waals surface area contributed by atoms with Gasteiger partial charge in [0, 0.05) is 10.9 Å². The van der Waals surface area contributed by atoms with Crippen molar-refractivity contribution in [1.29, 1.82) is 0 Å². The van der Waals surface area contributed by atoms with Crippen LogP contribution in [0.1, 0.15) is 11.4 Å². The average Bonchev–Trinajstić information content (AvgIpc) is 2.55. The number of aromatic nitrogens is 2. The standard InChI is InChI=1S/C17H15N5S/c1-11-7-8-14-13(9-11)16(12-5-3-2-4-6-12)21-15(20-14)10-19-22-17(18)23/h2-10H,1H3,(H3,18,22,23)/b19-10+. The third-order valence-electron chi connectivity index (χ3n) is 3.27. The van der Waals surface area contributed by atoms with Crippen LogP contribution in [-0.4, -0.2) is 21.3 Å². The van der Waals surface area contributed by atoms with E-state index in [9.17, 15) is 0 Å². The van der Waals surface area contributed by atoms with Gasteiger partial charge in [0.15, 0.2) is 10.9 Å². The first-order valence-corrected chi connectivity index (χ1v) is 7.46. The lowest BCUT2D eigenvalue weighted by Crippen LogP contribution is -2.24. The van der Waals surface area contributed by atoms with E-state index >= 15 is 0 Å². The van der Waals surface area contributed by atoms with Crippen LogP contribution in [0.25, 0.3) is 22.2 Å². The lowest BCUT2D eigenvalue weighted by molar-refractivity contribution is 1.03. The molecule has 0 saturated carbocycles. The summed E-state index contributed by atoms with van der Waals surface area (Å²) < 4.78 is 0. The maximum atomic E-state index is 5.35. The minimum Gasteiger partial charge on any atom is -0.375 e. The molecule has 2 aromatic carbocycles. The summed E-state index contributed by atoms with van der Waals surface area (Å²) in [6.45, 7) is 2.05. The minimum atomic E-state index is 0.0981. The highest BCUT2D eigenvalue weighted by molar-refractivity contribution is 7.80. The van der Waals surface area contributed by atoms with Gasteiger partial charge in [0.2, 0.25) is 0 Å². The molecular formula is C17H15N5S. The number of hydrogen-bond acceptors (Lipinski definition) is 4. The van der Waals surface area contributed by atoms with Crippen LogP contribution in [0.15, 0.2) is 53.6 Å². The van der Waals surface area contributed by atoms with Gasteiger partial charge in [-0.05, 0) is 31.3 Å². The molecule has 1 heterocycles. The van der Waals surface area contributed by atoms with Gasteiger partial charge in [0.05, 0.1) is 17.4 Å². The minimum absolute atomic E-state index is 0.0981. The van der Waals surface area contributed by atoms with Crippen LogP contribution < -0.4 is 11.2 Å². The molecule has 114 valence electrons. The molecule has 0 amide bonds. The fourth-order valence-corrected chi connectivity index (χ4v) is 2.34. The number of hydrogen-bond donors (Lipinski definition) is 2. The molecule has 0 bridgehead atoms. The second-order valence-corrected chi connectivity index (χ2v) is 5.49. The van der Waals surface area contributed by atoms with Crippen molar-refractivity contribution in [1.82, 2.24) is 15.4 Å². The van der Waals surface area contributed by atoms with Crippen LogP contribution in [0.3, 0.4) is 0 Å². The molecule has 0 atom stereocenters. The summed E-state index contributed by atoms with van der Waals surface area (Å²) in [5.41, 5.74) is 11.8. The van der Waals surface area contributed by atoms with Crippen LogP contribution >= 0.6 is 12.2 Å². The van der Waals surface area contributed by atoms with E-state index in [-0.39, 0.29) is 5.11 Å². The van der Waals surface area contributed by atoms with Gasteiger partial charge >= 0.3 is 0 Å². The largest absolute Gasteiger partial charge is 0.375 e. The van der Waals surface area contributed by atoms with Crippen molar-refractivity contribution in [3.8, 4) is 11.3 Å². The Hall–Kier alpha value is -2.86. The number of fused-ring (bicyclic) bond motifs is 1. The van der Waals surface area contributed by atoms with Crippen LogP contribution in [0.2, 0.25) is 0 Å². The highest BCUT2D eigenvalue weighted by Crippen LogP contribution is 2.26. The van der Waals surface area contributed by atoms with Crippen molar-refractivity contribution in [2.75, 3.05) is 0 Å². The molecule has 0 aliphatic rings. The zero-order valence-electron chi connectivity index (χ0n) is 12.5. The van der Waals surface area contributed by atoms with Gasteiger partial charge in [-0.1, -0.05) is 42.0 Å². The van der Waals surface area contributed by atoms with E-state index in [0.717, 1.165) is 27.7 Å². The predicted octanol–water partition coefficient (Wildman–Crippen LogP) is 2.77. The molecule has 23 heavy (non-hydrogen) atoms. The highest BCUT2D eigenvalue weighted by atomic mass is 32.1. The molecular weight excluding hydrogens is 306 g/mol. The molecule has 3 N–H and O–H groups in total. The first-order valence-electron chi connectivity index (χ1n) is 7.06. The van der Waals surface area contributed by atoms with E-state index in [4.69, 9.17) is 18.0 Å². The maximum absolute atomic E-state index is 5.35. The number of nitrogens with one attached hydrogen (secondary N) is 1. The molecule has 0 aliphatic heterocycles. The Morgan fingerprint density at radius 1 is 1.17 bits per heavy atom. The smallest absolute Gasteiger partial charge is 0.184 e. The molecule has 0 spiro atoms. The van der Waals surface area contributed by atoms with Gasteiger partial charge in [-0.15, -0.1) is 0 Å². The number of hydrazone groups is 1. The molecule has 0 fully saturated rings. The van der Waals surface area contributed by atoms with Gasteiger partial charge in [0.1, 0.15) is 0 Å². The Kier molecular flexibility index (Phi) is 4.25. The molecule has 1 aromatic heterocycles. The molecule has 3 aromatic rings. The Bertz CT molecular complexity index is 890. The van der Waals surface area contributed by atoms with E-state index in [2.05, 4.69) is 33.5 Å². The van der Waals surface area contributed by atoms with E-state index in [1.165, 1.54) is 6.21 Å². The van der Waals surface area contributed by atoms with Gasteiger partial charge < -0.3 is 5.73 Å². The molecule has 5 nitrogen and oxygen atoms in total. The summed E-state index contributed by atoms with van der Waals surface area (Å²) in [4.78, 5) is 9.14. The average molecular weight is 321 g/mol. The van der Waals surface area contributed by atoms with Crippen LogP contribution in [-0.2, 0) is 0 Å². The number of benzene rings is 2. The Labute approximate surface area is 139 Å². The molecule has 0 saturated heterocycles. The topological polar surface area (TPSA) is 76.2 Å². The fourth-order valence-electron chi connectivity index (χ4n) is 2.29. The lowest BCUT2D eigenvalue weighted by Gasteiger charge is -2.08. The second kappa shape index (κ2) is 6.50. The zero-order chi connectivity index (χ0) is 16.2. The van der Waals surface area contributed by atoms with Crippen LogP contribution in [0.5, 0.6) is 0 Å². The predicted molar refractivity (Wildman–Crippen MR) is 97.2 cm³/mol. The molecule has 0 aliphatic carbocycles. The second-order valence-electron chi connectivity index (χ2n) is 5.05. The molecule has 0 radical (unpaired) electrons. The van der Waals surface area contributed by atoms with Gasteiger partial charge in [-0.3, -0.25) is 5.43 Å². The summed E-state index contributed by atoms with van der Waals surface area (Å²) in [6, 6.07) is 16.1. The normalized spacial score (nSPS) is 11.0. The van der Waals surface area contributed by atoms with Crippen LogP contribution in [0, 0.1) is 6.92 Å². The van der Waals surface area contributed by atoms with Gasteiger partial charge in [0.25, 0.3) is 0 Å². The molecule has 6 heteroatoms. The first kappa shape index (κ1) is 15.1. The van der Waals surface area contributed by atoms with E-state index in [0.29, 0.717) is 5.82 Å². The van der Waals surface area contributed by atoms with E-state index in [1.807, 2.05) is 42.5 Å². The van der Waals surface area contributed by atoms with Crippen molar-refractivity contribution < 1.29 is 0 Å². The van der Waals surface area contributed by atoms with Gasteiger partial charge in [-0.2, -0.15) is 5.10 Å². The summed E-state index contributed by atoms with van der Waals surface area (Å²) in [6.07, 6.45) is 1.50. The summed E-state index contributed by atoms with van der Waals surface area (Å²) in [5, 5.41) is 5.04. The van der Waals surface area contributed by atoms with E-state index in [1.54, 1.807) is 0 Å². The number of nitrogens with two attached hydrogens (primary N) is 1. The van der Waals surface area contributed by atoms with Crippen molar-refractivity contribution in [2.24, 2.45) is 10.8 Å². The zero-order valence-corrected chi connectivity index (χ0v) is 13.3.